The van der Waals surface area contributed by atoms with E-state index in [0.29, 0.717) is 22.8 Å². The van der Waals surface area contributed by atoms with Crippen molar-refractivity contribution < 1.29 is 27.7 Å². The number of aromatic nitrogens is 7. The molecule has 0 saturated carbocycles. The lowest BCUT2D eigenvalue weighted by Gasteiger charge is -2.18. The van der Waals surface area contributed by atoms with Gasteiger partial charge >= 0.3 is 10.2 Å². The van der Waals surface area contributed by atoms with Gasteiger partial charge in [-0.1, -0.05) is 42.5 Å². The summed E-state index contributed by atoms with van der Waals surface area (Å²) in [6.07, 6.45) is 1.50. The van der Waals surface area contributed by atoms with Crippen molar-refractivity contribution in [3.05, 3.63) is 78.5 Å². The van der Waals surface area contributed by atoms with Crippen LogP contribution in [0, 0.1) is 0 Å². The molecule has 0 spiro atoms. The quantitative estimate of drug-likeness (QED) is 0.156. The van der Waals surface area contributed by atoms with Crippen LogP contribution in [0.4, 0.5) is 5.82 Å². The van der Waals surface area contributed by atoms with E-state index >= 15 is 0 Å². The Hall–Kier alpha value is -5.19. The molecule has 0 fully saturated rings. The van der Waals surface area contributed by atoms with E-state index in [4.69, 9.17) is 14.2 Å². The van der Waals surface area contributed by atoms with Crippen molar-refractivity contribution in [3.63, 3.8) is 0 Å². The van der Waals surface area contributed by atoms with Crippen LogP contribution in [0.5, 0.6) is 23.1 Å². The number of pyridine rings is 1. The highest BCUT2D eigenvalue weighted by molar-refractivity contribution is 7.90. The summed E-state index contributed by atoms with van der Waals surface area (Å²) in [6, 6.07) is 19.0. The molecule has 2 aromatic carbocycles. The summed E-state index contributed by atoms with van der Waals surface area (Å²) in [4.78, 5) is 13.2. The summed E-state index contributed by atoms with van der Waals surface area (Å²) in [5.41, 5.74) is 1.57. The maximum Gasteiger partial charge on any atom is 0.300 e. The second kappa shape index (κ2) is 13.0. The number of anilines is 1. The van der Waals surface area contributed by atoms with Gasteiger partial charge in [-0.2, -0.15) is 18.1 Å². The predicted octanol–water partition coefficient (Wildman–Crippen LogP) is 2.34. The number of methoxy groups -OCH3 is 1. The summed E-state index contributed by atoms with van der Waals surface area (Å²) in [5, 5.41) is 23.1. The van der Waals surface area contributed by atoms with Gasteiger partial charge in [0, 0.05) is 18.3 Å². The Morgan fingerprint density at radius 3 is 2.52 bits per heavy atom. The van der Waals surface area contributed by atoms with Crippen molar-refractivity contribution in [1.29, 1.82) is 0 Å². The van der Waals surface area contributed by atoms with Crippen molar-refractivity contribution in [2.75, 3.05) is 25.0 Å². The third-order valence-corrected chi connectivity index (χ3v) is 6.58. The number of rotatable bonds is 13. The number of nitrogens with one attached hydrogen (secondary N) is 3. The van der Waals surface area contributed by atoms with Gasteiger partial charge in [-0.05, 0) is 40.3 Å². The van der Waals surface area contributed by atoms with Gasteiger partial charge in [0.05, 0.1) is 13.7 Å². The molecule has 0 saturated heterocycles. The SMILES string of the molecule is COc1ccccc1Oc1c(NS(=O)(=O)NCc2ccccc2)nc(-c2ccnc(-c3nnn[nH]3)c2)nc1OCCO. The lowest BCUT2D eigenvalue weighted by atomic mass is 10.2. The molecule has 0 radical (unpaired) electrons. The molecule has 0 unspecified atom stereocenters. The fourth-order valence-electron chi connectivity index (χ4n) is 3.68. The van der Waals surface area contributed by atoms with E-state index in [-0.39, 0.29) is 48.8 Å². The molecule has 3 aromatic heterocycles. The summed E-state index contributed by atoms with van der Waals surface area (Å²) in [5.74, 6) is 0.440. The fourth-order valence-corrected chi connectivity index (χ4v) is 4.50. The zero-order valence-corrected chi connectivity index (χ0v) is 22.9. The fraction of sp³-hybridized carbons (Fsp3) is 0.154. The third-order valence-electron chi connectivity index (χ3n) is 5.59. The van der Waals surface area contributed by atoms with E-state index in [1.54, 1.807) is 60.7 Å². The van der Waals surface area contributed by atoms with Gasteiger partial charge in [0.1, 0.15) is 12.3 Å². The number of aromatic amines is 1. The van der Waals surface area contributed by atoms with E-state index < -0.39 is 10.2 Å². The van der Waals surface area contributed by atoms with E-state index in [9.17, 15) is 13.5 Å². The summed E-state index contributed by atoms with van der Waals surface area (Å²) in [7, 11) is -2.73. The van der Waals surface area contributed by atoms with Gasteiger partial charge in [-0.15, -0.1) is 5.10 Å². The molecule has 0 aliphatic carbocycles. The zero-order chi connectivity index (χ0) is 29.4. The summed E-state index contributed by atoms with van der Waals surface area (Å²) >= 11 is 0. The molecule has 0 atom stereocenters. The van der Waals surface area contributed by atoms with Crippen LogP contribution in [0.2, 0.25) is 0 Å². The molecule has 5 aromatic rings. The molecular formula is C26H25N9O6S. The molecular weight excluding hydrogens is 566 g/mol. The number of ether oxygens (including phenoxy) is 3. The van der Waals surface area contributed by atoms with Crippen LogP contribution in [0.15, 0.2) is 72.9 Å². The Kier molecular flexibility index (Phi) is 8.76. The number of aliphatic hydroxyl groups is 1. The summed E-state index contributed by atoms with van der Waals surface area (Å²) < 4.78 is 48.5. The third kappa shape index (κ3) is 6.92. The molecule has 0 bridgehead atoms. The summed E-state index contributed by atoms with van der Waals surface area (Å²) in [6.45, 7) is -0.489. The van der Waals surface area contributed by atoms with Crippen LogP contribution in [0.1, 0.15) is 5.56 Å². The second-order valence-electron chi connectivity index (χ2n) is 8.45. The minimum absolute atomic E-state index is 0.0175. The average molecular weight is 592 g/mol. The average Bonchev–Trinajstić information content (AvgIpc) is 3.56. The predicted molar refractivity (Wildman–Crippen MR) is 150 cm³/mol. The molecule has 0 amide bonds. The Morgan fingerprint density at radius 2 is 1.79 bits per heavy atom. The first-order valence-electron chi connectivity index (χ1n) is 12.4. The van der Waals surface area contributed by atoms with Crippen molar-refractivity contribution in [1.82, 2.24) is 40.3 Å². The highest BCUT2D eigenvalue weighted by Crippen LogP contribution is 2.41. The normalized spacial score (nSPS) is 11.2. The molecule has 16 heteroatoms. The van der Waals surface area contributed by atoms with Crippen LogP contribution in [0.25, 0.3) is 22.9 Å². The van der Waals surface area contributed by atoms with Crippen molar-refractivity contribution in [2.24, 2.45) is 0 Å². The number of hydrogen-bond donors (Lipinski definition) is 4. The first kappa shape index (κ1) is 28.3. The Bertz CT molecular complexity index is 1740. The lowest BCUT2D eigenvalue weighted by molar-refractivity contribution is 0.192. The van der Waals surface area contributed by atoms with Crippen LogP contribution < -0.4 is 23.7 Å². The number of benzene rings is 2. The number of para-hydroxylation sites is 2. The first-order valence-corrected chi connectivity index (χ1v) is 13.9. The van der Waals surface area contributed by atoms with Crippen molar-refractivity contribution >= 4 is 16.0 Å². The zero-order valence-electron chi connectivity index (χ0n) is 22.1. The van der Waals surface area contributed by atoms with E-state index in [1.807, 2.05) is 6.07 Å². The molecule has 0 aliphatic rings. The Morgan fingerprint density at radius 1 is 1.00 bits per heavy atom. The van der Waals surface area contributed by atoms with Gasteiger partial charge in [-0.3, -0.25) is 9.71 Å². The van der Waals surface area contributed by atoms with E-state index in [2.05, 4.69) is 45.0 Å². The molecule has 4 N–H and O–H groups in total. The molecule has 0 aliphatic heterocycles. The lowest BCUT2D eigenvalue weighted by Crippen LogP contribution is -2.30. The first-order chi connectivity index (χ1) is 20.5. The molecule has 216 valence electrons. The van der Waals surface area contributed by atoms with Crippen LogP contribution in [-0.4, -0.2) is 69.4 Å². The van der Waals surface area contributed by atoms with Gasteiger partial charge < -0.3 is 19.3 Å². The van der Waals surface area contributed by atoms with Crippen molar-refractivity contribution in [3.8, 4) is 46.0 Å². The molecule has 42 heavy (non-hydrogen) atoms. The van der Waals surface area contributed by atoms with Crippen molar-refractivity contribution in [2.45, 2.75) is 6.54 Å². The number of hydrogen-bond acceptors (Lipinski definition) is 12. The Labute approximate surface area is 240 Å². The standard InChI is InChI=1S/C26H25N9O6S/c1-39-20-9-5-6-10-21(20)41-22-25(33-42(37,38)28-16-17-7-3-2-4-8-17)29-23(30-26(22)40-14-13-36)18-11-12-27-19(15-18)24-31-34-35-32-24/h2-12,15,28,36H,13-14,16H2,1H3,(H,29,30,33)(H,31,32,34,35). The van der Waals surface area contributed by atoms with Gasteiger partial charge in [-0.25, -0.2) is 10.1 Å². The van der Waals surface area contributed by atoms with E-state index in [0.717, 1.165) is 5.56 Å². The number of H-pyrrole nitrogens is 1. The number of aliphatic hydroxyl groups excluding tert-OH is 1. The van der Waals surface area contributed by atoms with E-state index in [1.165, 1.54) is 13.3 Å². The Balaban J connectivity index is 1.59. The molecule has 15 nitrogen and oxygen atoms in total. The van der Waals surface area contributed by atoms with Gasteiger partial charge in [0.25, 0.3) is 5.88 Å². The topological polar surface area (TPSA) is 199 Å². The maximum absolute atomic E-state index is 13.2. The van der Waals surface area contributed by atoms with Crippen LogP contribution >= 0.6 is 0 Å². The van der Waals surface area contributed by atoms with Gasteiger partial charge in [0.2, 0.25) is 5.75 Å². The highest BCUT2D eigenvalue weighted by atomic mass is 32.2. The largest absolute Gasteiger partial charge is 0.493 e. The van der Waals surface area contributed by atoms with Crippen LogP contribution in [-0.2, 0) is 16.8 Å². The minimum Gasteiger partial charge on any atom is -0.493 e. The monoisotopic (exact) mass is 591 g/mol. The smallest absolute Gasteiger partial charge is 0.300 e. The number of nitrogens with zero attached hydrogens (tertiary/aromatic N) is 6. The number of tetrazole rings is 1. The van der Waals surface area contributed by atoms with Crippen LogP contribution in [0.3, 0.4) is 0 Å². The molecule has 5 rings (SSSR count). The van der Waals surface area contributed by atoms with Gasteiger partial charge in [0.15, 0.2) is 29.0 Å². The molecule has 3 heterocycles. The maximum atomic E-state index is 13.2. The minimum atomic E-state index is -4.19. The second-order valence-corrected chi connectivity index (χ2v) is 9.95. The highest BCUT2D eigenvalue weighted by Gasteiger charge is 2.24.